The Morgan fingerprint density at radius 3 is 2.81 bits per heavy atom. The van der Waals surface area contributed by atoms with Gasteiger partial charge in [0.25, 0.3) is 0 Å². The summed E-state index contributed by atoms with van der Waals surface area (Å²) >= 11 is 0. The Kier molecular flexibility index (Phi) is 5.91. The molecule has 1 atom stereocenters. The van der Waals surface area contributed by atoms with Crippen molar-refractivity contribution in [3.63, 3.8) is 0 Å². The van der Waals surface area contributed by atoms with Gasteiger partial charge in [0.15, 0.2) is 0 Å². The molecule has 1 aromatic carbocycles. The first-order chi connectivity index (χ1) is 12.6. The zero-order valence-electron chi connectivity index (χ0n) is 15.6. The minimum absolute atomic E-state index is 0.00536. The third-order valence-corrected chi connectivity index (χ3v) is 4.88. The van der Waals surface area contributed by atoms with E-state index in [1.165, 1.54) is 0 Å². The van der Waals surface area contributed by atoms with Crippen LogP contribution in [0.5, 0.6) is 0 Å². The highest BCUT2D eigenvalue weighted by molar-refractivity contribution is 5.81. The van der Waals surface area contributed by atoms with Gasteiger partial charge in [-0.15, -0.1) is 0 Å². The molecule has 1 fully saturated rings. The number of rotatable bonds is 9. The van der Waals surface area contributed by atoms with Crippen LogP contribution in [0.25, 0.3) is 11.0 Å². The molecular formula is C20H28N4O2. The highest BCUT2D eigenvalue weighted by Gasteiger charge is 2.29. The molecule has 3 rings (SSSR count). The highest BCUT2D eigenvalue weighted by Crippen LogP contribution is 2.28. The van der Waals surface area contributed by atoms with Crippen LogP contribution in [0.2, 0.25) is 0 Å². The molecule has 1 heterocycles. The molecule has 2 aromatic rings. The molecule has 2 N–H and O–H groups in total. The molecule has 1 aliphatic carbocycles. The minimum Gasteiger partial charge on any atom is -0.356 e. The Hall–Kier alpha value is -2.37. The van der Waals surface area contributed by atoms with Crippen molar-refractivity contribution in [1.82, 2.24) is 20.2 Å². The summed E-state index contributed by atoms with van der Waals surface area (Å²) in [6, 6.07) is 8.05. The van der Waals surface area contributed by atoms with Crippen LogP contribution in [-0.4, -0.2) is 34.0 Å². The van der Waals surface area contributed by atoms with Crippen LogP contribution in [0.4, 0.5) is 0 Å². The van der Waals surface area contributed by atoms with E-state index in [0.717, 1.165) is 49.0 Å². The lowest BCUT2D eigenvalue weighted by Crippen LogP contribution is -2.35. The van der Waals surface area contributed by atoms with E-state index >= 15 is 0 Å². The SMILES string of the molecule is CCC(C)NC(=O)Cn1c(CCCNC(=O)C2CC2)nc2ccccc21. The quantitative estimate of drug-likeness (QED) is 0.678. The summed E-state index contributed by atoms with van der Waals surface area (Å²) in [5.41, 5.74) is 1.88. The van der Waals surface area contributed by atoms with Gasteiger partial charge in [-0.3, -0.25) is 9.59 Å². The molecule has 26 heavy (non-hydrogen) atoms. The molecule has 1 saturated carbocycles. The molecule has 0 radical (unpaired) electrons. The van der Waals surface area contributed by atoms with Crippen molar-refractivity contribution in [1.29, 1.82) is 0 Å². The van der Waals surface area contributed by atoms with E-state index in [2.05, 4.69) is 17.6 Å². The molecule has 140 valence electrons. The van der Waals surface area contributed by atoms with E-state index in [1.807, 2.05) is 35.8 Å². The molecule has 0 bridgehead atoms. The van der Waals surface area contributed by atoms with Gasteiger partial charge in [0, 0.05) is 24.9 Å². The molecule has 2 amide bonds. The second-order valence-corrected chi connectivity index (χ2v) is 7.15. The van der Waals surface area contributed by atoms with Gasteiger partial charge >= 0.3 is 0 Å². The zero-order valence-corrected chi connectivity index (χ0v) is 15.6. The molecule has 0 aliphatic heterocycles. The second kappa shape index (κ2) is 8.34. The van der Waals surface area contributed by atoms with Gasteiger partial charge in [-0.05, 0) is 44.7 Å². The fourth-order valence-corrected chi connectivity index (χ4v) is 3.01. The third-order valence-electron chi connectivity index (χ3n) is 4.88. The van der Waals surface area contributed by atoms with Gasteiger partial charge in [-0.25, -0.2) is 4.98 Å². The Morgan fingerprint density at radius 1 is 1.31 bits per heavy atom. The Bertz CT molecular complexity index is 779. The van der Waals surface area contributed by atoms with Gasteiger partial charge in [0.1, 0.15) is 12.4 Å². The fraction of sp³-hybridized carbons (Fsp3) is 0.550. The first kappa shape index (κ1) is 18.4. The standard InChI is InChI=1S/C20H28N4O2/c1-3-14(2)22-19(25)13-24-17-8-5-4-7-16(17)23-18(24)9-6-12-21-20(26)15-10-11-15/h4-5,7-8,14-15H,3,6,9-13H2,1-2H3,(H,21,26)(H,22,25). The number of carbonyl (C=O) groups excluding carboxylic acids is 2. The average Bonchev–Trinajstić information content (AvgIpc) is 3.43. The van der Waals surface area contributed by atoms with E-state index in [4.69, 9.17) is 4.98 Å². The van der Waals surface area contributed by atoms with Gasteiger partial charge in [-0.2, -0.15) is 0 Å². The van der Waals surface area contributed by atoms with Gasteiger partial charge in [-0.1, -0.05) is 19.1 Å². The van der Waals surface area contributed by atoms with Crippen LogP contribution < -0.4 is 10.6 Å². The summed E-state index contributed by atoms with van der Waals surface area (Å²) < 4.78 is 2.00. The van der Waals surface area contributed by atoms with E-state index < -0.39 is 0 Å². The molecule has 0 spiro atoms. The van der Waals surface area contributed by atoms with Crippen molar-refractivity contribution in [3.05, 3.63) is 30.1 Å². The van der Waals surface area contributed by atoms with Crippen molar-refractivity contribution in [2.75, 3.05) is 6.54 Å². The molecule has 1 aliphatic rings. The van der Waals surface area contributed by atoms with Crippen molar-refractivity contribution in [2.45, 2.75) is 58.5 Å². The predicted molar refractivity (Wildman–Crippen MR) is 102 cm³/mol. The van der Waals surface area contributed by atoms with Crippen LogP contribution >= 0.6 is 0 Å². The Morgan fingerprint density at radius 2 is 2.08 bits per heavy atom. The molecule has 6 heteroatoms. The average molecular weight is 356 g/mol. The number of hydrogen-bond donors (Lipinski definition) is 2. The summed E-state index contributed by atoms with van der Waals surface area (Å²) in [4.78, 5) is 28.8. The van der Waals surface area contributed by atoms with Gasteiger partial charge in [0.05, 0.1) is 11.0 Å². The van der Waals surface area contributed by atoms with Crippen LogP contribution in [0.1, 0.15) is 45.4 Å². The summed E-state index contributed by atoms with van der Waals surface area (Å²) in [5.74, 6) is 1.31. The third kappa shape index (κ3) is 4.62. The summed E-state index contributed by atoms with van der Waals surface area (Å²) in [6.45, 7) is 4.98. The molecule has 6 nitrogen and oxygen atoms in total. The summed E-state index contributed by atoms with van der Waals surface area (Å²) in [7, 11) is 0. The van der Waals surface area contributed by atoms with Crippen LogP contribution in [0.15, 0.2) is 24.3 Å². The summed E-state index contributed by atoms with van der Waals surface area (Å²) in [6.07, 6.45) is 4.49. The number of amides is 2. The number of benzene rings is 1. The van der Waals surface area contributed by atoms with E-state index in [1.54, 1.807) is 0 Å². The molecule has 0 saturated heterocycles. The maximum atomic E-state index is 12.4. The van der Waals surface area contributed by atoms with Gasteiger partial charge in [0.2, 0.25) is 11.8 Å². The second-order valence-electron chi connectivity index (χ2n) is 7.15. The van der Waals surface area contributed by atoms with Crippen molar-refractivity contribution in [3.8, 4) is 0 Å². The highest BCUT2D eigenvalue weighted by atomic mass is 16.2. The van der Waals surface area contributed by atoms with Crippen molar-refractivity contribution < 1.29 is 9.59 Å². The lowest BCUT2D eigenvalue weighted by molar-refractivity contribution is -0.123. The predicted octanol–water partition coefficient (Wildman–Crippen LogP) is 2.41. The number of nitrogens with zero attached hydrogens (tertiary/aromatic N) is 2. The first-order valence-corrected chi connectivity index (χ1v) is 9.59. The maximum Gasteiger partial charge on any atom is 0.240 e. The van der Waals surface area contributed by atoms with E-state index in [-0.39, 0.29) is 30.3 Å². The molecular weight excluding hydrogens is 328 g/mol. The maximum absolute atomic E-state index is 12.4. The zero-order chi connectivity index (χ0) is 18.5. The lowest BCUT2D eigenvalue weighted by atomic mass is 10.2. The number of imidazole rings is 1. The first-order valence-electron chi connectivity index (χ1n) is 9.59. The van der Waals surface area contributed by atoms with E-state index in [0.29, 0.717) is 6.54 Å². The number of para-hydroxylation sites is 2. The fourth-order valence-electron chi connectivity index (χ4n) is 3.01. The topological polar surface area (TPSA) is 76.0 Å². The normalized spacial score (nSPS) is 15.0. The number of aryl methyl sites for hydroxylation is 1. The summed E-state index contributed by atoms with van der Waals surface area (Å²) in [5, 5.41) is 6.00. The number of hydrogen-bond acceptors (Lipinski definition) is 3. The molecule has 1 aromatic heterocycles. The van der Waals surface area contributed by atoms with Crippen molar-refractivity contribution >= 4 is 22.8 Å². The largest absolute Gasteiger partial charge is 0.356 e. The molecule has 1 unspecified atom stereocenters. The lowest BCUT2D eigenvalue weighted by Gasteiger charge is -2.14. The van der Waals surface area contributed by atoms with Crippen LogP contribution in [0.3, 0.4) is 0 Å². The number of aromatic nitrogens is 2. The number of carbonyl (C=O) groups is 2. The Balaban J connectivity index is 1.65. The monoisotopic (exact) mass is 356 g/mol. The number of fused-ring (bicyclic) bond motifs is 1. The van der Waals surface area contributed by atoms with Crippen LogP contribution in [0, 0.1) is 5.92 Å². The van der Waals surface area contributed by atoms with Crippen molar-refractivity contribution in [2.24, 2.45) is 5.92 Å². The van der Waals surface area contributed by atoms with Crippen LogP contribution in [-0.2, 0) is 22.6 Å². The minimum atomic E-state index is 0.00536. The van der Waals surface area contributed by atoms with E-state index in [9.17, 15) is 9.59 Å². The smallest absolute Gasteiger partial charge is 0.240 e. The Labute approximate surface area is 154 Å². The number of nitrogens with one attached hydrogen (secondary N) is 2. The van der Waals surface area contributed by atoms with Gasteiger partial charge < -0.3 is 15.2 Å².